The first kappa shape index (κ1) is 20.6. The van der Waals surface area contributed by atoms with Gasteiger partial charge in [0.2, 0.25) is 0 Å². The molecule has 1 aromatic carbocycles. The highest BCUT2D eigenvalue weighted by molar-refractivity contribution is 7.91. The van der Waals surface area contributed by atoms with Crippen molar-refractivity contribution < 1.29 is 31.1 Å². The smallest absolute Gasteiger partial charge is 0.414 e. The molecule has 1 N–H and O–H groups in total. The Morgan fingerprint density at radius 3 is 2.61 bits per heavy atom. The second-order valence-corrected chi connectivity index (χ2v) is 9.18. The number of alkyl halides is 2. The van der Waals surface area contributed by atoms with Crippen LogP contribution in [0.25, 0.3) is 0 Å². The number of nitrogens with one attached hydrogen (secondary N) is 1. The fourth-order valence-corrected chi connectivity index (χ4v) is 4.29. The Kier molecular flexibility index (Phi) is 5.98. The third-order valence-corrected chi connectivity index (χ3v) is 6.44. The van der Waals surface area contributed by atoms with Crippen LogP contribution >= 0.6 is 12.2 Å². The molecule has 2 saturated heterocycles. The van der Waals surface area contributed by atoms with E-state index < -0.39 is 39.3 Å². The van der Waals surface area contributed by atoms with Crippen molar-refractivity contribution in [3.8, 4) is 0 Å². The van der Waals surface area contributed by atoms with Crippen LogP contribution in [0.4, 0.5) is 29.3 Å². The van der Waals surface area contributed by atoms with Gasteiger partial charge >= 0.3 is 6.09 Å². The summed E-state index contributed by atoms with van der Waals surface area (Å²) in [6, 6.07) is 4.18. The molecule has 0 aromatic heterocycles. The number of benzene rings is 1. The lowest BCUT2D eigenvalue weighted by Crippen LogP contribution is -2.40. The number of rotatable bonds is 5. The molecule has 1 unspecified atom stereocenters. The zero-order valence-electron chi connectivity index (χ0n) is 14.6. The maximum Gasteiger partial charge on any atom is 0.414 e. The van der Waals surface area contributed by atoms with Gasteiger partial charge in [-0.05, 0) is 18.2 Å². The lowest BCUT2D eigenvalue weighted by molar-refractivity contribution is 0.142. The fourth-order valence-electron chi connectivity index (χ4n) is 3.00. The summed E-state index contributed by atoms with van der Waals surface area (Å²) in [6.07, 6.45) is -4.22. The van der Waals surface area contributed by atoms with Crippen LogP contribution in [-0.4, -0.2) is 69.7 Å². The molecule has 2 aliphatic heterocycles. The third-order valence-electron chi connectivity index (χ3n) is 4.50. The number of ether oxygens (including phenoxy) is 1. The minimum Gasteiger partial charge on any atom is -0.442 e. The van der Waals surface area contributed by atoms with Crippen molar-refractivity contribution in [2.45, 2.75) is 12.5 Å². The van der Waals surface area contributed by atoms with Gasteiger partial charge in [0.05, 0.1) is 36.0 Å². The highest BCUT2D eigenvalue weighted by Crippen LogP contribution is 2.28. The van der Waals surface area contributed by atoms with Gasteiger partial charge in [-0.3, -0.25) is 4.90 Å². The molecule has 2 aliphatic rings. The molecule has 0 saturated carbocycles. The second-order valence-electron chi connectivity index (χ2n) is 6.44. The normalized spacial score (nSPS) is 21.7. The first-order valence-corrected chi connectivity index (χ1v) is 10.7. The molecule has 1 amide bonds. The number of hydrogen-bond donors (Lipinski definition) is 1. The second kappa shape index (κ2) is 8.11. The van der Waals surface area contributed by atoms with Crippen LogP contribution in [0.3, 0.4) is 0 Å². The van der Waals surface area contributed by atoms with Gasteiger partial charge in [-0.2, -0.15) is 0 Å². The predicted molar refractivity (Wildman–Crippen MR) is 101 cm³/mol. The van der Waals surface area contributed by atoms with Crippen LogP contribution in [0.15, 0.2) is 18.2 Å². The Balaban J connectivity index is 1.65. The van der Waals surface area contributed by atoms with Crippen molar-refractivity contribution in [3.63, 3.8) is 0 Å². The molecular weight excluding hydrogens is 419 g/mol. The number of sulfone groups is 1. The average molecular weight is 437 g/mol. The van der Waals surface area contributed by atoms with E-state index in [9.17, 15) is 26.4 Å². The van der Waals surface area contributed by atoms with Gasteiger partial charge in [0.15, 0.2) is 9.84 Å². The van der Waals surface area contributed by atoms with Crippen LogP contribution in [-0.2, 0) is 14.6 Å². The zero-order chi connectivity index (χ0) is 20.5. The van der Waals surface area contributed by atoms with Crippen LogP contribution in [0.2, 0.25) is 0 Å². The minimum absolute atomic E-state index is 0.0399. The zero-order valence-corrected chi connectivity index (χ0v) is 16.2. The fraction of sp³-hybridized carbons (Fsp3) is 0.500. The predicted octanol–water partition coefficient (Wildman–Crippen LogP) is 1.57. The van der Waals surface area contributed by atoms with Gasteiger partial charge in [-0.25, -0.2) is 26.4 Å². The van der Waals surface area contributed by atoms with Gasteiger partial charge < -0.3 is 15.0 Å². The molecular formula is C16H18F3N3O4S2. The SMILES string of the molecule is O=C1OC(CNC(=S)C(F)F)CN1c1ccc(N2CCS(=O)(=O)CC2)c(F)c1. The molecule has 12 heteroatoms. The van der Waals surface area contributed by atoms with E-state index in [1.165, 1.54) is 23.1 Å². The highest BCUT2D eigenvalue weighted by Gasteiger charge is 2.33. The summed E-state index contributed by atoms with van der Waals surface area (Å²) >= 11 is 4.47. The van der Waals surface area contributed by atoms with Gasteiger partial charge in [-0.1, -0.05) is 12.2 Å². The van der Waals surface area contributed by atoms with Gasteiger partial charge in [0.1, 0.15) is 16.9 Å². The molecule has 0 spiro atoms. The van der Waals surface area contributed by atoms with Crippen LogP contribution < -0.4 is 15.1 Å². The number of thiocarbonyl (C=S) groups is 1. The van der Waals surface area contributed by atoms with E-state index in [1.807, 2.05) is 0 Å². The molecule has 2 heterocycles. The first-order valence-electron chi connectivity index (χ1n) is 8.45. The Morgan fingerprint density at radius 1 is 1.32 bits per heavy atom. The minimum atomic E-state index is -3.08. The summed E-state index contributed by atoms with van der Waals surface area (Å²) in [6.45, 7) is 0.372. The Hall–Kier alpha value is -2.08. The summed E-state index contributed by atoms with van der Waals surface area (Å²) in [5.41, 5.74) is 0.515. The summed E-state index contributed by atoms with van der Waals surface area (Å²) in [4.78, 5) is 14.2. The van der Waals surface area contributed by atoms with Gasteiger partial charge in [0, 0.05) is 13.1 Å². The molecule has 154 valence electrons. The Labute approximate surface area is 165 Å². The molecule has 28 heavy (non-hydrogen) atoms. The number of nitrogens with zero attached hydrogens (tertiary/aromatic N) is 2. The number of amides is 1. The average Bonchev–Trinajstić information content (AvgIpc) is 3.00. The monoisotopic (exact) mass is 437 g/mol. The standard InChI is InChI=1S/C16H18F3N3O4S2/c17-12-7-10(1-2-13(12)21-3-5-28(24,25)6-4-21)22-9-11(26-16(22)23)8-20-15(27)14(18)19/h1-2,7,11,14H,3-6,8-9H2,(H,20,27). The number of carbonyl (C=O) groups excluding carboxylic acids is 1. The lowest BCUT2D eigenvalue weighted by Gasteiger charge is -2.29. The van der Waals surface area contributed by atoms with Crippen molar-refractivity contribution in [3.05, 3.63) is 24.0 Å². The van der Waals surface area contributed by atoms with Crippen LogP contribution in [0.5, 0.6) is 0 Å². The molecule has 1 atom stereocenters. The maximum absolute atomic E-state index is 14.6. The van der Waals surface area contributed by atoms with Crippen molar-refractivity contribution in [1.29, 1.82) is 0 Å². The van der Waals surface area contributed by atoms with E-state index in [-0.39, 0.29) is 49.1 Å². The highest BCUT2D eigenvalue weighted by atomic mass is 32.2. The lowest BCUT2D eigenvalue weighted by atomic mass is 10.2. The van der Waals surface area contributed by atoms with Crippen LogP contribution in [0.1, 0.15) is 0 Å². The number of cyclic esters (lactones) is 1. The summed E-state index contributed by atoms with van der Waals surface area (Å²) < 4.78 is 67.5. The Bertz CT molecular complexity index is 868. The number of anilines is 2. The van der Waals surface area contributed by atoms with Crippen LogP contribution in [0, 0.1) is 5.82 Å². The van der Waals surface area contributed by atoms with E-state index in [0.717, 1.165) is 0 Å². The maximum atomic E-state index is 14.6. The number of carbonyl (C=O) groups is 1. The molecule has 0 bridgehead atoms. The van der Waals surface area contributed by atoms with E-state index in [0.29, 0.717) is 0 Å². The third kappa shape index (κ3) is 4.66. The molecule has 0 aliphatic carbocycles. The first-order chi connectivity index (χ1) is 13.2. The molecule has 2 fully saturated rings. The largest absolute Gasteiger partial charge is 0.442 e. The molecule has 7 nitrogen and oxygen atoms in total. The van der Waals surface area contributed by atoms with Crippen molar-refractivity contribution in [1.82, 2.24) is 5.32 Å². The summed E-state index contributed by atoms with van der Waals surface area (Å²) in [5, 5.41) is 2.33. The molecule has 0 radical (unpaired) electrons. The molecule has 1 aromatic rings. The van der Waals surface area contributed by atoms with E-state index in [1.54, 1.807) is 4.90 Å². The van der Waals surface area contributed by atoms with Crippen molar-refractivity contribution >= 4 is 44.5 Å². The van der Waals surface area contributed by atoms with Gasteiger partial charge in [0.25, 0.3) is 6.43 Å². The Morgan fingerprint density at radius 2 is 2.00 bits per heavy atom. The summed E-state index contributed by atoms with van der Waals surface area (Å²) in [5.74, 6) is -0.672. The molecule has 3 rings (SSSR count). The van der Waals surface area contributed by atoms with E-state index in [4.69, 9.17) is 4.74 Å². The van der Waals surface area contributed by atoms with E-state index >= 15 is 0 Å². The van der Waals surface area contributed by atoms with E-state index in [2.05, 4.69) is 17.5 Å². The van der Waals surface area contributed by atoms with Crippen molar-refractivity contribution in [2.75, 3.05) is 47.5 Å². The van der Waals surface area contributed by atoms with Gasteiger partial charge in [-0.15, -0.1) is 0 Å². The topological polar surface area (TPSA) is 79.0 Å². The summed E-state index contributed by atoms with van der Waals surface area (Å²) in [7, 11) is -3.08. The van der Waals surface area contributed by atoms with Crippen molar-refractivity contribution in [2.24, 2.45) is 0 Å². The quantitative estimate of drug-likeness (QED) is 0.701. The number of hydrogen-bond acceptors (Lipinski definition) is 6. The number of halogens is 3.